The minimum atomic E-state index is -0.677. The molecule has 1 spiro atoms. The van der Waals surface area contributed by atoms with Crippen molar-refractivity contribution >= 4 is 5.97 Å². The Labute approximate surface area is 71.7 Å². The largest absolute Gasteiger partial charge is 0.481 e. The highest BCUT2D eigenvalue weighted by atomic mass is 16.5. The number of ether oxygens (including phenoxy) is 1. The molecule has 2 aliphatic rings. The standard InChI is InChI=1S/C9H14O3/c1-12-7-6(8(10)11)9(7)4-2-3-5-9/h6-7H,2-5H2,1H3,(H,10,11)/t6-,7-/m1/s1. The minimum Gasteiger partial charge on any atom is -0.481 e. The Kier molecular flexibility index (Phi) is 1.65. The molecule has 0 aliphatic heterocycles. The molecule has 68 valence electrons. The smallest absolute Gasteiger partial charge is 0.309 e. The monoisotopic (exact) mass is 170 g/mol. The molecule has 0 bridgehead atoms. The van der Waals surface area contributed by atoms with Gasteiger partial charge in [-0.2, -0.15) is 0 Å². The second-order valence-corrected chi connectivity index (χ2v) is 3.91. The maximum absolute atomic E-state index is 10.8. The highest BCUT2D eigenvalue weighted by Gasteiger charge is 2.69. The van der Waals surface area contributed by atoms with Crippen molar-refractivity contribution in [2.24, 2.45) is 11.3 Å². The SMILES string of the molecule is CO[C@@H]1[C@H](C(=O)O)C12CCCC2. The van der Waals surface area contributed by atoms with Gasteiger partial charge in [0.05, 0.1) is 12.0 Å². The normalized spacial score (nSPS) is 37.1. The molecule has 0 saturated heterocycles. The molecule has 0 unspecified atom stereocenters. The molecule has 3 nitrogen and oxygen atoms in total. The van der Waals surface area contributed by atoms with E-state index in [9.17, 15) is 4.79 Å². The maximum Gasteiger partial charge on any atom is 0.309 e. The van der Waals surface area contributed by atoms with Gasteiger partial charge in [0.1, 0.15) is 0 Å². The lowest BCUT2D eigenvalue weighted by atomic mass is 10.0. The molecule has 0 aromatic rings. The minimum absolute atomic E-state index is 0.00231. The maximum atomic E-state index is 10.8. The van der Waals surface area contributed by atoms with Crippen LogP contribution < -0.4 is 0 Å². The fraction of sp³-hybridized carbons (Fsp3) is 0.889. The Bertz CT molecular complexity index is 206. The summed E-state index contributed by atoms with van der Waals surface area (Å²) < 4.78 is 5.19. The molecule has 0 amide bonds. The highest BCUT2D eigenvalue weighted by Crippen LogP contribution is 2.64. The Hall–Kier alpha value is -0.570. The number of carbonyl (C=O) groups is 1. The first-order valence-electron chi connectivity index (χ1n) is 4.48. The quantitative estimate of drug-likeness (QED) is 0.679. The third-order valence-corrected chi connectivity index (χ3v) is 3.43. The van der Waals surface area contributed by atoms with Crippen molar-refractivity contribution in [3.8, 4) is 0 Å². The van der Waals surface area contributed by atoms with Crippen LogP contribution in [0.25, 0.3) is 0 Å². The summed E-state index contributed by atoms with van der Waals surface area (Å²) in [4.78, 5) is 10.8. The van der Waals surface area contributed by atoms with E-state index in [2.05, 4.69) is 0 Å². The van der Waals surface area contributed by atoms with Crippen LogP contribution in [0.1, 0.15) is 25.7 Å². The third kappa shape index (κ3) is 0.829. The molecule has 2 aliphatic carbocycles. The van der Waals surface area contributed by atoms with Crippen LogP contribution in [0, 0.1) is 11.3 Å². The lowest BCUT2D eigenvalue weighted by molar-refractivity contribution is -0.140. The number of methoxy groups -OCH3 is 1. The van der Waals surface area contributed by atoms with E-state index >= 15 is 0 Å². The van der Waals surface area contributed by atoms with Crippen molar-refractivity contribution in [2.75, 3.05) is 7.11 Å². The molecule has 2 rings (SSSR count). The molecule has 0 radical (unpaired) electrons. The zero-order chi connectivity index (χ0) is 8.77. The van der Waals surface area contributed by atoms with Crippen molar-refractivity contribution in [2.45, 2.75) is 31.8 Å². The summed E-state index contributed by atoms with van der Waals surface area (Å²) >= 11 is 0. The fourth-order valence-corrected chi connectivity index (χ4v) is 2.83. The van der Waals surface area contributed by atoms with Gasteiger partial charge in [0, 0.05) is 12.5 Å². The van der Waals surface area contributed by atoms with E-state index in [0.717, 1.165) is 12.8 Å². The molecular formula is C9H14O3. The van der Waals surface area contributed by atoms with Crippen LogP contribution >= 0.6 is 0 Å². The number of carboxylic acids is 1. The van der Waals surface area contributed by atoms with Gasteiger partial charge in [-0.1, -0.05) is 12.8 Å². The van der Waals surface area contributed by atoms with Gasteiger partial charge in [0.15, 0.2) is 0 Å². The van der Waals surface area contributed by atoms with Crippen LogP contribution in [0.5, 0.6) is 0 Å². The van der Waals surface area contributed by atoms with Gasteiger partial charge in [-0.25, -0.2) is 0 Å². The zero-order valence-corrected chi connectivity index (χ0v) is 7.25. The molecule has 0 heterocycles. The van der Waals surface area contributed by atoms with Crippen LogP contribution in [0.3, 0.4) is 0 Å². The average Bonchev–Trinajstić information content (AvgIpc) is 2.34. The molecule has 2 atom stereocenters. The van der Waals surface area contributed by atoms with Crippen molar-refractivity contribution < 1.29 is 14.6 Å². The number of aliphatic carboxylic acids is 1. The van der Waals surface area contributed by atoms with Crippen LogP contribution in [0.15, 0.2) is 0 Å². The fourth-order valence-electron chi connectivity index (χ4n) is 2.83. The highest BCUT2D eigenvalue weighted by molar-refractivity contribution is 5.76. The Morgan fingerprint density at radius 2 is 2.08 bits per heavy atom. The van der Waals surface area contributed by atoms with Gasteiger partial charge in [0.25, 0.3) is 0 Å². The molecule has 1 N–H and O–H groups in total. The molecular weight excluding hydrogens is 156 g/mol. The van der Waals surface area contributed by atoms with Crippen molar-refractivity contribution in [1.29, 1.82) is 0 Å². The van der Waals surface area contributed by atoms with Crippen molar-refractivity contribution in [3.05, 3.63) is 0 Å². The Balaban J connectivity index is 2.12. The van der Waals surface area contributed by atoms with Crippen LogP contribution in [-0.2, 0) is 9.53 Å². The first-order chi connectivity index (χ1) is 5.72. The first-order valence-corrected chi connectivity index (χ1v) is 4.48. The molecule has 12 heavy (non-hydrogen) atoms. The summed E-state index contributed by atoms with van der Waals surface area (Å²) in [7, 11) is 1.62. The summed E-state index contributed by atoms with van der Waals surface area (Å²) in [6.07, 6.45) is 4.43. The predicted molar refractivity (Wildman–Crippen MR) is 42.8 cm³/mol. The van der Waals surface area contributed by atoms with Gasteiger partial charge < -0.3 is 9.84 Å². The summed E-state index contributed by atoms with van der Waals surface area (Å²) in [5.74, 6) is -0.895. The summed E-state index contributed by atoms with van der Waals surface area (Å²) in [5, 5.41) is 8.90. The Morgan fingerprint density at radius 3 is 2.42 bits per heavy atom. The van der Waals surface area contributed by atoms with Gasteiger partial charge in [-0.15, -0.1) is 0 Å². The summed E-state index contributed by atoms with van der Waals surface area (Å²) in [6, 6.07) is 0. The topological polar surface area (TPSA) is 46.5 Å². The summed E-state index contributed by atoms with van der Waals surface area (Å²) in [5.41, 5.74) is 0.0284. The predicted octanol–water partition coefficient (Wildman–Crippen LogP) is 1.28. The van der Waals surface area contributed by atoms with E-state index in [4.69, 9.17) is 9.84 Å². The van der Waals surface area contributed by atoms with E-state index in [1.807, 2.05) is 0 Å². The number of hydrogen-bond acceptors (Lipinski definition) is 2. The van der Waals surface area contributed by atoms with Gasteiger partial charge in [-0.05, 0) is 12.8 Å². The lowest BCUT2D eigenvalue weighted by Gasteiger charge is -2.04. The number of hydrogen-bond donors (Lipinski definition) is 1. The van der Waals surface area contributed by atoms with Crippen LogP contribution in [-0.4, -0.2) is 24.3 Å². The first kappa shape index (κ1) is 8.05. The number of carboxylic acid groups (broad SMARTS) is 1. The molecule has 0 aromatic heterocycles. The van der Waals surface area contributed by atoms with E-state index in [1.165, 1.54) is 12.8 Å². The zero-order valence-electron chi connectivity index (χ0n) is 7.25. The molecule has 2 fully saturated rings. The number of rotatable bonds is 2. The molecule has 2 saturated carbocycles. The Morgan fingerprint density at radius 1 is 1.50 bits per heavy atom. The van der Waals surface area contributed by atoms with Crippen molar-refractivity contribution in [3.63, 3.8) is 0 Å². The lowest BCUT2D eigenvalue weighted by Crippen LogP contribution is -2.06. The van der Waals surface area contributed by atoms with Gasteiger partial charge >= 0.3 is 5.97 Å². The molecule has 3 heteroatoms. The van der Waals surface area contributed by atoms with E-state index < -0.39 is 5.97 Å². The third-order valence-electron chi connectivity index (χ3n) is 3.43. The average molecular weight is 170 g/mol. The van der Waals surface area contributed by atoms with Crippen LogP contribution in [0.4, 0.5) is 0 Å². The molecule has 0 aromatic carbocycles. The van der Waals surface area contributed by atoms with Gasteiger partial charge in [-0.3, -0.25) is 4.79 Å². The van der Waals surface area contributed by atoms with E-state index in [1.54, 1.807) is 7.11 Å². The van der Waals surface area contributed by atoms with Crippen LogP contribution in [0.2, 0.25) is 0 Å². The second kappa shape index (κ2) is 2.46. The van der Waals surface area contributed by atoms with Crippen molar-refractivity contribution in [1.82, 2.24) is 0 Å². The van der Waals surface area contributed by atoms with E-state index in [-0.39, 0.29) is 17.4 Å². The summed E-state index contributed by atoms with van der Waals surface area (Å²) in [6.45, 7) is 0. The van der Waals surface area contributed by atoms with Gasteiger partial charge in [0.2, 0.25) is 0 Å². The second-order valence-electron chi connectivity index (χ2n) is 3.91. The van der Waals surface area contributed by atoms with E-state index in [0.29, 0.717) is 0 Å².